The molecular weight excluding hydrogens is 460 g/mol. The van der Waals surface area contributed by atoms with Crippen LogP contribution in [0.25, 0.3) is 0 Å². The van der Waals surface area contributed by atoms with Crippen molar-refractivity contribution in [1.82, 2.24) is 4.90 Å². The number of imide groups is 1. The second kappa shape index (κ2) is 9.14. The molecule has 4 rings (SSSR count). The van der Waals surface area contributed by atoms with E-state index in [0.29, 0.717) is 17.0 Å². The van der Waals surface area contributed by atoms with Gasteiger partial charge in [0.1, 0.15) is 11.5 Å². The molecule has 1 fully saturated rings. The van der Waals surface area contributed by atoms with Crippen LogP contribution in [0.3, 0.4) is 0 Å². The van der Waals surface area contributed by atoms with E-state index >= 15 is 0 Å². The van der Waals surface area contributed by atoms with Crippen LogP contribution in [0.15, 0.2) is 77.3 Å². The summed E-state index contributed by atoms with van der Waals surface area (Å²) in [6, 6.07) is 21.5. The number of rotatable bonds is 6. The maximum atomic E-state index is 12.5. The van der Waals surface area contributed by atoms with Crippen LogP contribution in [-0.4, -0.2) is 22.6 Å². The zero-order valence-corrected chi connectivity index (χ0v) is 18.1. The predicted molar refractivity (Wildman–Crippen MR) is 120 cm³/mol. The number of anilines is 1. The molecule has 0 aromatic heterocycles. The molecule has 7 heteroatoms. The fourth-order valence-corrected chi connectivity index (χ4v) is 3.46. The van der Waals surface area contributed by atoms with Crippen LogP contribution in [-0.2, 0) is 16.1 Å². The Kier molecular flexibility index (Phi) is 6.13. The van der Waals surface area contributed by atoms with Gasteiger partial charge in [-0.05, 0) is 66.2 Å². The van der Waals surface area contributed by atoms with Crippen molar-refractivity contribution >= 4 is 39.3 Å². The van der Waals surface area contributed by atoms with Gasteiger partial charge in [0, 0.05) is 28.6 Å². The molecule has 0 unspecified atom stereocenters. The van der Waals surface area contributed by atoms with Gasteiger partial charge >= 0.3 is 0 Å². The summed E-state index contributed by atoms with van der Waals surface area (Å²) in [5.74, 6) is 0.827. The molecule has 3 amide bonds. The number of hydrogen-bond donors (Lipinski definition) is 1. The molecule has 0 bridgehead atoms. The summed E-state index contributed by atoms with van der Waals surface area (Å²) in [7, 11) is 0. The normalized spacial score (nSPS) is 13.4. The zero-order chi connectivity index (χ0) is 21.8. The van der Waals surface area contributed by atoms with Crippen molar-refractivity contribution in [2.75, 3.05) is 5.32 Å². The van der Waals surface area contributed by atoms with Gasteiger partial charge in [0.05, 0.1) is 6.54 Å². The van der Waals surface area contributed by atoms with Gasteiger partial charge in [-0.2, -0.15) is 0 Å². The molecule has 0 atom stereocenters. The Labute approximate surface area is 188 Å². The van der Waals surface area contributed by atoms with Crippen molar-refractivity contribution in [3.05, 3.63) is 88.4 Å². The van der Waals surface area contributed by atoms with E-state index < -0.39 is 0 Å². The van der Waals surface area contributed by atoms with E-state index in [2.05, 4.69) is 21.2 Å². The quantitative estimate of drug-likeness (QED) is 0.497. The number of hydrogen-bond acceptors (Lipinski definition) is 4. The molecular formula is C24H19BrN2O4. The lowest BCUT2D eigenvalue weighted by Gasteiger charge is -2.14. The number of likely N-dealkylation sites (tertiary alicyclic amines) is 1. The molecule has 31 heavy (non-hydrogen) atoms. The second-order valence-corrected chi connectivity index (χ2v) is 8.02. The van der Waals surface area contributed by atoms with Crippen molar-refractivity contribution < 1.29 is 19.1 Å². The molecule has 1 heterocycles. The highest BCUT2D eigenvalue weighted by molar-refractivity contribution is 9.10. The van der Waals surface area contributed by atoms with Gasteiger partial charge in [-0.15, -0.1) is 0 Å². The molecule has 156 valence electrons. The highest BCUT2D eigenvalue weighted by Gasteiger charge is 2.28. The lowest BCUT2D eigenvalue weighted by atomic mass is 10.1. The number of benzene rings is 3. The molecule has 0 saturated carbocycles. The summed E-state index contributed by atoms with van der Waals surface area (Å²) in [5, 5.41) is 2.84. The van der Waals surface area contributed by atoms with Crippen molar-refractivity contribution in [2.24, 2.45) is 0 Å². The van der Waals surface area contributed by atoms with Gasteiger partial charge in [-0.3, -0.25) is 19.3 Å². The minimum Gasteiger partial charge on any atom is -0.457 e. The highest BCUT2D eigenvalue weighted by Crippen LogP contribution is 2.25. The molecule has 0 aliphatic carbocycles. The van der Waals surface area contributed by atoms with E-state index in [1.807, 2.05) is 24.3 Å². The largest absolute Gasteiger partial charge is 0.457 e. The van der Waals surface area contributed by atoms with Crippen molar-refractivity contribution in [3.63, 3.8) is 0 Å². The second-order valence-electron chi connectivity index (χ2n) is 7.11. The summed E-state index contributed by atoms with van der Waals surface area (Å²) in [4.78, 5) is 37.2. The third-order valence-corrected chi connectivity index (χ3v) is 5.40. The predicted octanol–water partition coefficient (Wildman–Crippen LogP) is 5.14. The van der Waals surface area contributed by atoms with E-state index in [4.69, 9.17) is 4.74 Å². The minimum absolute atomic E-state index is 0.153. The van der Waals surface area contributed by atoms with Gasteiger partial charge in [0.25, 0.3) is 5.91 Å². The summed E-state index contributed by atoms with van der Waals surface area (Å²) < 4.78 is 6.75. The average molecular weight is 479 g/mol. The summed E-state index contributed by atoms with van der Waals surface area (Å²) in [5.41, 5.74) is 1.93. The first-order valence-corrected chi connectivity index (χ1v) is 10.5. The fraction of sp³-hybridized carbons (Fsp3) is 0.125. The van der Waals surface area contributed by atoms with E-state index in [0.717, 1.165) is 15.8 Å². The molecule has 1 N–H and O–H groups in total. The topological polar surface area (TPSA) is 75.7 Å². The van der Waals surface area contributed by atoms with Crippen LogP contribution in [0.4, 0.5) is 5.69 Å². The number of carbonyl (C=O) groups excluding carboxylic acids is 3. The van der Waals surface area contributed by atoms with Gasteiger partial charge in [0.2, 0.25) is 11.8 Å². The summed E-state index contributed by atoms with van der Waals surface area (Å²) >= 11 is 3.39. The Balaban J connectivity index is 1.35. The molecule has 3 aromatic rings. The van der Waals surface area contributed by atoms with Crippen molar-refractivity contribution in [1.29, 1.82) is 0 Å². The first-order valence-electron chi connectivity index (χ1n) is 9.75. The maximum absolute atomic E-state index is 12.5. The Morgan fingerprint density at radius 3 is 1.97 bits per heavy atom. The average Bonchev–Trinajstić information content (AvgIpc) is 3.09. The lowest BCUT2D eigenvalue weighted by molar-refractivity contribution is -0.139. The standard InChI is InChI=1S/C24H19BrN2O4/c25-18-5-9-20(10-6-18)31-21-11-7-19(8-12-21)26-24(30)17-3-1-16(2-4-17)15-27-22(28)13-14-23(27)29/h1-12H,13-15H2,(H,26,30). The van der Waals surface area contributed by atoms with Crippen LogP contribution in [0, 0.1) is 0 Å². The van der Waals surface area contributed by atoms with Gasteiger partial charge in [0.15, 0.2) is 0 Å². The summed E-state index contributed by atoms with van der Waals surface area (Å²) in [6.07, 6.45) is 0.540. The Morgan fingerprint density at radius 1 is 0.839 bits per heavy atom. The Bertz CT molecular complexity index is 1090. The van der Waals surface area contributed by atoms with Crippen LogP contribution >= 0.6 is 15.9 Å². The minimum atomic E-state index is -0.249. The molecule has 6 nitrogen and oxygen atoms in total. The third-order valence-electron chi connectivity index (χ3n) is 4.87. The number of amides is 3. The van der Waals surface area contributed by atoms with E-state index in [1.165, 1.54) is 4.90 Å². The van der Waals surface area contributed by atoms with E-state index in [9.17, 15) is 14.4 Å². The first kappa shape index (κ1) is 20.8. The van der Waals surface area contributed by atoms with Crippen LogP contribution < -0.4 is 10.1 Å². The molecule has 1 aliphatic heterocycles. The van der Waals surface area contributed by atoms with E-state index in [1.54, 1.807) is 48.5 Å². The van der Waals surface area contributed by atoms with Crippen LogP contribution in [0.2, 0.25) is 0 Å². The number of halogens is 1. The Hall–Kier alpha value is -3.45. The monoisotopic (exact) mass is 478 g/mol. The molecule has 0 radical (unpaired) electrons. The lowest BCUT2D eigenvalue weighted by Crippen LogP contribution is -2.28. The molecule has 1 saturated heterocycles. The molecule has 1 aliphatic rings. The zero-order valence-electron chi connectivity index (χ0n) is 16.5. The number of ether oxygens (including phenoxy) is 1. The van der Waals surface area contributed by atoms with Crippen molar-refractivity contribution in [3.8, 4) is 11.5 Å². The SMILES string of the molecule is O=C(Nc1ccc(Oc2ccc(Br)cc2)cc1)c1ccc(CN2C(=O)CCC2=O)cc1. The molecule has 0 spiro atoms. The third kappa shape index (κ3) is 5.19. The molecule has 3 aromatic carbocycles. The number of nitrogens with one attached hydrogen (secondary N) is 1. The van der Waals surface area contributed by atoms with Gasteiger partial charge in [-0.25, -0.2) is 0 Å². The van der Waals surface area contributed by atoms with Crippen LogP contribution in [0.5, 0.6) is 11.5 Å². The maximum Gasteiger partial charge on any atom is 0.255 e. The number of nitrogens with zero attached hydrogens (tertiary/aromatic N) is 1. The van der Waals surface area contributed by atoms with Crippen molar-refractivity contribution in [2.45, 2.75) is 19.4 Å². The highest BCUT2D eigenvalue weighted by atomic mass is 79.9. The Morgan fingerprint density at radius 2 is 1.39 bits per heavy atom. The van der Waals surface area contributed by atoms with Gasteiger partial charge in [-0.1, -0.05) is 28.1 Å². The van der Waals surface area contributed by atoms with Crippen LogP contribution in [0.1, 0.15) is 28.8 Å². The summed E-state index contributed by atoms with van der Waals surface area (Å²) in [6.45, 7) is 0.236. The number of carbonyl (C=O) groups is 3. The smallest absolute Gasteiger partial charge is 0.255 e. The van der Waals surface area contributed by atoms with Gasteiger partial charge < -0.3 is 10.1 Å². The van der Waals surface area contributed by atoms with E-state index in [-0.39, 0.29) is 37.1 Å². The first-order chi connectivity index (χ1) is 15.0. The fourth-order valence-electron chi connectivity index (χ4n) is 3.19.